The highest BCUT2D eigenvalue weighted by atomic mass is 15.2. The average molecular weight is 828 g/mol. The summed E-state index contributed by atoms with van der Waals surface area (Å²) >= 11 is 0. The molecule has 1 aliphatic carbocycles. The molecule has 3 heteroatoms. The van der Waals surface area contributed by atoms with Gasteiger partial charge in [-0.25, -0.2) is 0 Å². The van der Waals surface area contributed by atoms with Crippen LogP contribution >= 0.6 is 0 Å². The number of benzene rings is 10. The van der Waals surface area contributed by atoms with Crippen molar-refractivity contribution in [2.24, 2.45) is 0 Å². The largest absolute Gasteiger partial charge is 0.310 e. The second-order valence-corrected chi connectivity index (χ2v) is 17.8. The van der Waals surface area contributed by atoms with Gasteiger partial charge in [0.25, 0.3) is 0 Å². The third-order valence-electron chi connectivity index (χ3n) is 14.5. The molecule has 0 saturated heterocycles. The van der Waals surface area contributed by atoms with Gasteiger partial charge in [0.1, 0.15) is 0 Å². The number of para-hydroxylation sites is 4. The Balaban J connectivity index is 0.910. The Labute approximate surface area is 377 Å². The maximum Gasteiger partial charge on any atom is 0.0547 e. The van der Waals surface area contributed by atoms with Crippen LogP contribution in [0.25, 0.3) is 88.4 Å². The lowest BCUT2D eigenvalue weighted by Gasteiger charge is -2.42. The van der Waals surface area contributed by atoms with Crippen molar-refractivity contribution in [2.45, 2.75) is 12.3 Å². The van der Waals surface area contributed by atoms with Crippen molar-refractivity contribution in [3.8, 4) is 44.8 Å². The van der Waals surface area contributed by atoms with Crippen LogP contribution in [0.2, 0.25) is 0 Å². The van der Waals surface area contributed by atoms with Crippen LogP contribution in [0.3, 0.4) is 0 Å². The second kappa shape index (κ2) is 13.6. The second-order valence-electron chi connectivity index (χ2n) is 17.8. The smallest absolute Gasteiger partial charge is 0.0547 e. The van der Waals surface area contributed by atoms with Gasteiger partial charge in [-0.15, -0.1) is 0 Å². The van der Waals surface area contributed by atoms with E-state index in [-0.39, 0.29) is 5.41 Å². The minimum Gasteiger partial charge on any atom is -0.310 e. The number of nitrogens with zero attached hydrogens (tertiary/aromatic N) is 3. The number of hydrogen-bond donors (Lipinski definition) is 0. The first-order chi connectivity index (χ1) is 32.1. The molecule has 0 bridgehead atoms. The Bertz CT molecular complexity index is 3840. The van der Waals surface area contributed by atoms with E-state index in [0.717, 1.165) is 11.4 Å². The number of hydrogen-bond acceptors (Lipinski definition) is 1. The summed E-state index contributed by atoms with van der Waals surface area (Å²) in [7, 11) is 0. The van der Waals surface area contributed by atoms with Crippen LogP contribution in [0.15, 0.2) is 231 Å². The molecule has 2 aliphatic rings. The zero-order valence-electron chi connectivity index (χ0n) is 35.8. The van der Waals surface area contributed by atoms with E-state index in [1.165, 1.54) is 111 Å². The van der Waals surface area contributed by atoms with Gasteiger partial charge in [0.2, 0.25) is 0 Å². The van der Waals surface area contributed by atoms with Crippen LogP contribution in [-0.4, -0.2) is 9.13 Å². The standard InChI is InChI=1S/C62H41N3/c1-62-52-23-9-5-17-47(52)50-22-14-28-59(61(50)62)65(45-36-31-41(32-37-45)40-29-34-44(35-30-40)63-54-24-10-6-18-48(54)49-19-7-11-25-55(49)63)57-38-33-42(39-53(57)62)46-21-13-27-58-60(46)51-20-8-12-26-56(51)64(58)43-15-3-2-4-16-43/h2-39H,1H3. The van der Waals surface area contributed by atoms with Crippen molar-refractivity contribution in [2.75, 3.05) is 4.90 Å². The first-order valence-electron chi connectivity index (χ1n) is 22.6. The molecule has 1 aliphatic heterocycles. The summed E-state index contributed by atoms with van der Waals surface area (Å²) in [6, 6.07) is 85.2. The molecule has 0 radical (unpaired) electrons. The highest BCUT2D eigenvalue weighted by molar-refractivity contribution is 6.16. The van der Waals surface area contributed by atoms with Gasteiger partial charge in [0, 0.05) is 44.0 Å². The van der Waals surface area contributed by atoms with E-state index < -0.39 is 0 Å². The number of anilines is 3. The SMILES string of the molecule is CC12c3ccccc3-c3cccc(c31)N(c1ccc(-c3ccc(-n4c5ccccc5c5ccccc54)cc3)cc1)c1ccc(-c3cccc4c3c3ccccc3n4-c3ccccc3)cc12. The molecular weight excluding hydrogens is 787 g/mol. The molecule has 0 saturated carbocycles. The molecule has 1 atom stereocenters. The summed E-state index contributed by atoms with van der Waals surface area (Å²) in [5, 5.41) is 5.08. The molecule has 0 N–H and O–H groups in total. The normalized spacial score (nSPS) is 14.9. The predicted molar refractivity (Wildman–Crippen MR) is 272 cm³/mol. The van der Waals surface area contributed by atoms with Gasteiger partial charge in [-0.05, 0) is 136 Å². The molecule has 0 amide bonds. The van der Waals surface area contributed by atoms with E-state index in [0.29, 0.717) is 0 Å². The number of aromatic nitrogens is 2. The monoisotopic (exact) mass is 827 g/mol. The molecule has 304 valence electrons. The predicted octanol–water partition coefficient (Wildman–Crippen LogP) is 16.3. The molecule has 3 nitrogen and oxygen atoms in total. The summed E-state index contributed by atoms with van der Waals surface area (Å²) < 4.78 is 4.79. The van der Waals surface area contributed by atoms with Crippen molar-refractivity contribution in [3.05, 3.63) is 247 Å². The molecule has 0 fully saturated rings. The van der Waals surface area contributed by atoms with Gasteiger partial charge in [0.15, 0.2) is 0 Å². The number of fused-ring (bicyclic) bond motifs is 11. The molecule has 12 aromatic rings. The van der Waals surface area contributed by atoms with E-state index in [2.05, 4.69) is 251 Å². The topological polar surface area (TPSA) is 13.1 Å². The first-order valence-corrected chi connectivity index (χ1v) is 22.6. The van der Waals surface area contributed by atoms with Crippen molar-refractivity contribution in [3.63, 3.8) is 0 Å². The fourth-order valence-electron chi connectivity index (χ4n) is 11.7. The Morgan fingerprint density at radius 1 is 0.323 bits per heavy atom. The quantitative estimate of drug-likeness (QED) is 0.168. The van der Waals surface area contributed by atoms with E-state index in [1.807, 2.05) is 0 Å². The van der Waals surface area contributed by atoms with Crippen LogP contribution < -0.4 is 4.90 Å². The Morgan fingerprint density at radius 2 is 0.831 bits per heavy atom. The van der Waals surface area contributed by atoms with Crippen LogP contribution in [0.5, 0.6) is 0 Å². The first kappa shape index (κ1) is 36.1. The maximum absolute atomic E-state index is 2.50. The summed E-state index contributed by atoms with van der Waals surface area (Å²) in [6.07, 6.45) is 0. The lowest BCUT2D eigenvalue weighted by Crippen LogP contribution is -2.32. The molecule has 1 unspecified atom stereocenters. The lowest BCUT2D eigenvalue weighted by molar-refractivity contribution is 0.702. The van der Waals surface area contributed by atoms with E-state index in [4.69, 9.17) is 0 Å². The molecule has 65 heavy (non-hydrogen) atoms. The molecule has 2 aromatic heterocycles. The van der Waals surface area contributed by atoms with Crippen molar-refractivity contribution in [1.29, 1.82) is 0 Å². The highest BCUT2D eigenvalue weighted by Crippen LogP contribution is 2.62. The maximum atomic E-state index is 2.50. The van der Waals surface area contributed by atoms with Gasteiger partial charge in [-0.2, -0.15) is 0 Å². The van der Waals surface area contributed by atoms with Crippen molar-refractivity contribution >= 4 is 60.7 Å². The summed E-state index contributed by atoms with van der Waals surface area (Å²) in [4.78, 5) is 2.50. The van der Waals surface area contributed by atoms with Crippen LogP contribution in [-0.2, 0) is 5.41 Å². The highest BCUT2D eigenvalue weighted by Gasteiger charge is 2.48. The fraction of sp³-hybridized carbons (Fsp3) is 0.0323. The molecule has 10 aromatic carbocycles. The van der Waals surface area contributed by atoms with Crippen LogP contribution in [0.1, 0.15) is 23.6 Å². The van der Waals surface area contributed by atoms with Crippen LogP contribution in [0, 0.1) is 0 Å². The number of rotatable bonds is 5. The van der Waals surface area contributed by atoms with E-state index >= 15 is 0 Å². The van der Waals surface area contributed by atoms with Gasteiger partial charge in [0.05, 0.1) is 33.4 Å². The molecular formula is C62H41N3. The minimum atomic E-state index is -0.353. The lowest BCUT2D eigenvalue weighted by atomic mass is 9.70. The Hall–Kier alpha value is -8.40. The van der Waals surface area contributed by atoms with Crippen molar-refractivity contribution < 1.29 is 0 Å². The summed E-state index contributed by atoms with van der Waals surface area (Å²) in [6.45, 7) is 2.45. The molecule has 3 heterocycles. The Morgan fingerprint density at radius 3 is 1.55 bits per heavy atom. The Kier molecular flexibility index (Phi) is 7.53. The zero-order valence-corrected chi connectivity index (χ0v) is 35.8. The minimum absolute atomic E-state index is 0.353. The fourth-order valence-corrected chi connectivity index (χ4v) is 11.7. The van der Waals surface area contributed by atoms with Gasteiger partial charge < -0.3 is 14.0 Å². The van der Waals surface area contributed by atoms with Gasteiger partial charge >= 0.3 is 0 Å². The third-order valence-corrected chi connectivity index (χ3v) is 14.5. The summed E-state index contributed by atoms with van der Waals surface area (Å²) in [5.74, 6) is 0. The third kappa shape index (κ3) is 5.01. The van der Waals surface area contributed by atoms with E-state index in [1.54, 1.807) is 0 Å². The zero-order chi connectivity index (χ0) is 42.8. The van der Waals surface area contributed by atoms with Crippen molar-refractivity contribution in [1.82, 2.24) is 9.13 Å². The van der Waals surface area contributed by atoms with Gasteiger partial charge in [-0.3, -0.25) is 0 Å². The van der Waals surface area contributed by atoms with Crippen LogP contribution in [0.4, 0.5) is 17.1 Å². The summed E-state index contributed by atoms with van der Waals surface area (Å²) in [5.41, 5.74) is 21.9. The van der Waals surface area contributed by atoms with Gasteiger partial charge in [-0.1, -0.05) is 152 Å². The van der Waals surface area contributed by atoms with E-state index in [9.17, 15) is 0 Å². The average Bonchev–Trinajstić information content (AvgIpc) is 3.99. The molecule has 14 rings (SSSR count). The molecule has 0 spiro atoms.